The maximum atomic E-state index is 12.3. The molecule has 2 aromatic carbocycles. The van der Waals surface area contributed by atoms with Crippen molar-refractivity contribution in [3.63, 3.8) is 0 Å². The van der Waals surface area contributed by atoms with Gasteiger partial charge in [-0.2, -0.15) is 0 Å². The van der Waals surface area contributed by atoms with Crippen molar-refractivity contribution in [2.45, 2.75) is 26.3 Å². The van der Waals surface area contributed by atoms with Crippen LogP contribution in [0.1, 0.15) is 42.2 Å². The molecule has 0 radical (unpaired) electrons. The van der Waals surface area contributed by atoms with E-state index in [0.717, 1.165) is 17.7 Å². The average molecular weight is 335 g/mol. The van der Waals surface area contributed by atoms with Gasteiger partial charge in [-0.05, 0) is 49.2 Å². The summed E-state index contributed by atoms with van der Waals surface area (Å²) in [5, 5.41) is 2.87. The standard InChI is InChI=1S/C18H22N2O2.ClH/c1-3-11-22-17-6-4-5-15(12-17)18(21)20-16-9-7-14(8-10-16)13(2)19;/h4-10,12-13H,3,11,19H2,1-2H3,(H,20,21);1H. The molecule has 1 atom stereocenters. The van der Waals surface area contributed by atoms with E-state index in [1.807, 2.05) is 50.2 Å². The number of amides is 1. The Morgan fingerprint density at radius 1 is 1.22 bits per heavy atom. The number of hydrogen-bond acceptors (Lipinski definition) is 3. The summed E-state index contributed by atoms with van der Waals surface area (Å²) in [5.74, 6) is 0.553. The van der Waals surface area contributed by atoms with E-state index < -0.39 is 0 Å². The number of carbonyl (C=O) groups is 1. The van der Waals surface area contributed by atoms with E-state index in [1.54, 1.807) is 12.1 Å². The Bertz CT molecular complexity index is 627. The summed E-state index contributed by atoms with van der Waals surface area (Å²) in [6.45, 7) is 4.61. The SMILES string of the molecule is CCCOc1cccc(C(=O)Nc2ccc(C(C)N)cc2)c1.Cl. The lowest BCUT2D eigenvalue weighted by Gasteiger charge is -2.10. The van der Waals surface area contributed by atoms with Crippen LogP contribution in [0.15, 0.2) is 48.5 Å². The van der Waals surface area contributed by atoms with Crippen molar-refractivity contribution in [1.82, 2.24) is 0 Å². The number of halogens is 1. The third kappa shape index (κ3) is 5.58. The Morgan fingerprint density at radius 2 is 1.91 bits per heavy atom. The number of benzene rings is 2. The maximum absolute atomic E-state index is 12.3. The van der Waals surface area contributed by atoms with Gasteiger partial charge in [-0.1, -0.05) is 25.1 Å². The summed E-state index contributed by atoms with van der Waals surface area (Å²) in [6.07, 6.45) is 0.933. The minimum absolute atomic E-state index is 0. The molecule has 1 unspecified atom stereocenters. The van der Waals surface area contributed by atoms with E-state index in [4.69, 9.17) is 10.5 Å². The molecule has 1 amide bonds. The molecular formula is C18H23ClN2O2. The van der Waals surface area contributed by atoms with Gasteiger partial charge in [0.2, 0.25) is 0 Å². The first-order chi connectivity index (χ1) is 10.6. The predicted molar refractivity (Wildman–Crippen MR) is 96.5 cm³/mol. The fraction of sp³-hybridized carbons (Fsp3) is 0.278. The van der Waals surface area contributed by atoms with Gasteiger partial charge >= 0.3 is 0 Å². The Hall–Kier alpha value is -2.04. The van der Waals surface area contributed by atoms with Crippen molar-refractivity contribution in [3.05, 3.63) is 59.7 Å². The van der Waals surface area contributed by atoms with Crippen LogP contribution >= 0.6 is 12.4 Å². The highest BCUT2D eigenvalue weighted by molar-refractivity contribution is 6.04. The molecule has 3 N–H and O–H groups in total. The van der Waals surface area contributed by atoms with Gasteiger partial charge in [0.25, 0.3) is 5.91 Å². The van der Waals surface area contributed by atoms with Crippen molar-refractivity contribution in [1.29, 1.82) is 0 Å². The number of ether oxygens (including phenoxy) is 1. The molecule has 2 rings (SSSR count). The van der Waals surface area contributed by atoms with Crippen LogP contribution in [0.25, 0.3) is 0 Å². The number of carbonyl (C=O) groups excluding carboxylic acids is 1. The van der Waals surface area contributed by atoms with E-state index >= 15 is 0 Å². The van der Waals surface area contributed by atoms with Crippen LogP contribution in [0.3, 0.4) is 0 Å². The minimum atomic E-state index is -0.157. The summed E-state index contributed by atoms with van der Waals surface area (Å²) < 4.78 is 5.54. The molecule has 0 heterocycles. The normalized spacial score (nSPS) is 11.3. The van der Waals surface area contributed by atoms with E-state index in [2.05, 4.69) is 5.32 Å². The fourth-order valence-corrected chi connectivity index (χ4v) is 2.02. The lowest BCUT2D eigenvalue weighted by Crippen LogP contribution is -2.12. The Kier molecular flexibility index (Phi) is 7.59. The van der Waals surface area contributed by atoms with Crippen LogP contribution in [0, 0.1) is 0 Å². The number of hydrogen-bond donors (Lipinski definition) is 2. The van der Waals surface area contributed by atoms with Crippen LogP contribution in [-0.4, -0.2) is 12.5 Å². The zero-order chi connectivity index (χ0) is 15.9. The van der Waals surface area contributed by atoms with Crippen LogP contribution in [0.2, 0.25) is 0 Å². The van der Waals surface area contributed by atoms with E-state index in [1.165, 1.54) is 0 Å². The second kappa shape index (κ2) is 9.18. The predicted octanol–water partition coefficient (Wildman–Crippen LogP) is 4.17. The fourth-order valence-electron chi connectivity index (χ4n) is 2.02. The molecular weight excluding hydrogens is 312 g/mol. The van der Waals surface area contributed by atoms with Crippen molar-refractivity contribution in [2.24, 2.45) is 5.73 Å². The molecule has 2 aromatic rings. The summed E-state index contributed by atoms with van der Waals surface area (Å²) in [5.41, 5.74) is 8.17. The summed E-state index contributed by atoms with van der Waals surface area (Å²) in [4.78, 5) is 12.3. The minimum Gasteiger partial charge on any atom is -0.494 e. The van der Waals surface area contributed by atoms with Gasteiger partial charge in [-0.15, -0.1) is 12.4 Å². The van der Waals surface area contributed by atoms with Crippen molar-refractivity contribution in [2.75, 3.05) is 11.9 Å². The quantitative estimate of drug-likeness (QED) is 0.833. The van der Waals surface area contributed by atoms with Crippen molar-refractivity contribution in [3.8, 4) is 5.75 Å². The van der Waals surface area contributed by atoms with E-state index in [0.29, 0.717) is 17.9 Å². The van der Waals surface area contributed by atoms with Gasteiger partial charge in [-0.25, -0.2) is 0 Å². The van der Waals surface area contributed by atoms with Gasteiger partial charge < -0.3 is 15.8 Å². The molecule has 0 spiro atoms. The van der Waals surface area contributed by atoms with Gasteiger partial charge in [0.1, 0.15) is 5.75 Å². The van der Waals surface area contributed by atoms with Gasteiger partial charge in [0.05, 0.1) is 6.61 Å². The van der Waals surface area contributed by atoms with E-state index in [-0.39, 0.29) is 24.4 Å². The summed E-state index contributed by atoms with van der Waals surface area (Å²) in [6, 6.07) is 14.7. The van der Waals surface area contributed by atoms with Crippen LogP contribution in [-0.2, 0) is 0 Å². The Labute approximate surface area is 143 Å². The van der Waals surface area contributed by atoms with Crippen LogP contribution in [0.5, 0.6) is 5.75 Å². The van der Waals surface area contributed by atoms with Crippen LogP contribution < -0.4 is 15.8 Å². The zero-order valence-electron chi connectivity index (χ0n) is 13.4. The van der Waals surface area contributed by atoms with Gasteiger partial charge in [-0.3, -0.25) is 4.79 Å². The van der Waals surface area contributed by atoms with Crippen molar-refractivity contribution < 1.29 is 9.53 Å². The zero-order valence-corrected chi connectivity index (χ0v) is 14.2. The average Bonchev–Trinajstić information content (AvgIpc) is 2.53. The highest BCUT2D eigenvalue weighted by Gasteiger charge is 2.08. The first kappa shape index (κ1) is 19.0. The van der Waals surface area contributed by atoms with Gasteiger partial charge in [0.15, 0.2) is 0 Å². The molecule has 5 heteroatoms. The Balaban J connectivity index is 0.00000264. The molecule has 0 aromatic heterocycles. The Morgan fingerprint density at radius 3 is 2.52 bits per heavy atom. The van der Waals surface area contributed by atoms with Crippen LogP contribution in [0.4, 0.5) is 5.69 Å². The molecule has 0 saturated heterocycles. The second-order valence-corrected chi connectivity index (χ2v) is 5.24. The van der Waals surface area contributed by atoms with Crippen molar-refractivity contribution >= 4 is 24.0 Å². The number of nitrogens with one attached hydrogen (secondary N) is 1. The number of rotatable bonds is 6. The first-order valence-electron chi connectivity index (χ1n) is 7.50. The van der Waals surface area contributed by atoms with Gasteiger partial charge in [0, 0.05) is 17.3 Å². The maximum Gasteiger partial charge on any atom is 0.255 e. The monoisotopic (exact) mass is 334 g/mol. The number of nitrogens with two attached hydrogens (primary N) is 1. The summed E-state index contributed by atoms with van der Waals surface area (Å²) in [7, 11) is 0. The topological polar surface area (TPSA) is 64.3 Å². The smallest absolute Gasteiger partial charge is 0.255 e. The third-order valence-corrected chi connectivity index (χ3v) is 3.26. The third-order valence-electron chi connectivity index (χ3n) is 3.26. The highest BCUT2D eigenvalue weighted by atomic mass is 35.5. The largest absolute Gasteiger partial charge is 0.494 e. The molecule has 0 aliphatic rings. The molecule has 4 nitrogen and oxygen atoms in total. The molecule has 0 aliphatic carbocycles. The van der Waals surface area contributed by atoms with E-state index in [9.17, 15) is 4.79 Å². The number of anilines is 1. The first-order valence-corrected chi connectivity index (χ1v) is 7.50. The highest BCUT2D eigenvalue weighted by Crippen LogP contribution is 2.17. The molecule has 0 saturated carbocycles. The summed E-state index contributed by atoms with van der Waals surface area (Å²) >= 11 is 0. The molecule has 0 fully saturated rings. The molecule has 23 heavy (non-hydrogen) atoms. The molecule has 0 bridgehead atoms. The molecule has 124 valence electrons. The second-order valence-electron chi connectivity index (χ2n) is 5.24. The molecule has 0 aliphatic heterocycles. The lowest BCUT2D eigenvalue weighted by molar-refractivity contribution is 0.102. The lowest BCUT2D eigenvalue weighted by atomic mass is 10.1.